The molecule has 3 N–H and O–H groups in total. The van der Waals surface area contributed by atoms with E-state index in [0.717, 1.165) is 18.9 Å². The first kappa shape index (κ1) is 13.3. The lowest BCUT2D eigenvalue weighted by molar-refractivity contribution is -0.669. The van der Waals surface area contributed by atoms with Gasteiger partial charge in [-0.05, 0) is 40.0 Å². The average Bonchev–Trinajstić information content (AvgIpc) is 2.16. The molecule has 0 radical (unpaired) electrons. The molecule has 1 aliphatic heterocycles. The van der Waals surface area contributed by atoms with Gasteiger partial charge in [0.15, 0.2) is 0 Å². The van der Waals surface area contributed by atoms with Gasteiger partial charge < -0.3 is 15.4 Å². The van der Waals surface area contributed by atoms with Crippen LogP contribution >= 0.6 is 0 Å². The van der Waals surface area contributed by atoms with E-state index >= 15 is 0 Å². The average molecular weight is 229 g/mol. The normalized spacial score (nSPS) is 21.6. The second kappa shape index (κ2) is 6.09. The monoisotopic (exact) mass is 229 g/mol. The number of piperidine rings is 1. The van der Waals surface area contributed by atoms with Gasteiger partial charge in [-0.15, -0.1) is 0 Å². The van der Waals surface area contributed by atoms with E-state index in [-0.39, 0.29) is 6.09 Å². The third-order valence-corrected chi connectivity index (χ3v) is 2.74. The van der Waals surface area contributed by atoms with E-state index in [9.17, 15) is 4.79 Å². The molecule has 1 rings (SSSR count). The Balaban J connectivity index is 2.08. The van der Waals surface area contributed by atoms with Crippen LogP contribution < -0.4 is 10.6 Å². The van der Waals surface area contributed by atoms with Crippen LogP contribution in [0.1, 0.15) is 40.0 Å². The minimum Gasteiger partial charge on any atom is -0.444 e. The lowest BCUT2D eigenvalue weighted by Gasteiger charge is -2.22. The molecule has 0 saturated carbocycles. The highest BCUT2D eigenvalue weighted by Crippen LogP contribution is 2.10. The van der Waals surface area contributed by atoms with E-state index in [4.69, 9.17) is 4.74 Å². The summed E-state index contributed by atoms with van der Waals surface area (Å²) in [6.45, 7) is 8.83. The topological polar surface area (TPSA) is 54.9 Å². The summed E-state index contributed by atoms with van der Waals surface area (Å²) in [6, 6.07) is 0. The van der Waals surface area contributed by atoms with Crippen molar-refractivity contribution in [3.63, 3.8) is 0 Å². The van der Waals surface area contributed by atoms with Gasteiger partial charge in [-0.25, -0.2) is 4.79 Å². The quantitative estimate of drug-likeness (QED) is 0.754. The van der Waals surface area contributed by atoms with Crippen LogP contribution in [-0.2, 0) is 4.74 Å². The molecular formula is C12H25N2O2+. The number of nitrogens with two attached hydrogens (primary N) is 1. The molecule has 1 atom stereocenters. The summed E-state index contributed by atoms with van der Waals surface area (Å²) in [7, 11) is 0. The van der Waals surface area contributed by atoms with Crippen molar-refractivity contribution in [3.05, 3.63) is 0 Å². The molecule has 1 heterocycles. The minimum atomic E-state index is -0.400. The zero-order valence-corrected chi connectivity index (χ0v) is 10.7. The Labute approximate surface area is 98.1 Å². The van der Waals surface area contributed by atoms with Crippen molar-refractivity contribution in [1.29, 1.82) is 0 Å². The predicted octanol–water partition coefficient (Wildman–Crippen LogP) is 0.875. The van der Waals surface area contributed by atoms with Crippen molar-refractivity contribution in [2.24, 2.45) is 5.92 Å². The molecule has 0 aromatic carbocycles. The molecule has 16 heavy (non-hydrogen) atoms. The van der Waals surface area contributed by atoms with Gasteiger partial charge in [0.2, 0.25) is 0 Å². The lowest BCUT2D eigenvalue weighted by atomic mass is 9.96. The summed E-state index contributed by atoms with van der Waals surface area (Å²) in [4.78, 5) is 11.4. The number of rotatable bonds is 3. The van der Waals surface area contributed by atoms with Gasteiger partial charge >= 0.3 is 6.09 Å². The van der Waals surface area contributed by atoms with E-state index in [2.05, 4.69) is 10.6 Å². The first-order chi connectivity index (χ1) is 7.47. The van der Waals surface area contributed by atoms with Crippen molar-refractivity contribution in [3.8, 4) is 0 Å². The van der Waals surface area contributed by atoms with Gasteiger partial charge in [-0.3, -0.25) is 0 Å². The Bertz CT molecular complexity index is 218. The Hall–Kier alpha value is -0.770. The van der Waals surface area contributed by atoms with Crippen molar-refractivity contribution in [2.45, 2.75) is 45.6 Å². The van der Waals surface area contributed by atoms with Gasteiger partial charge in [0.25, 0.3) is 0 Å². The maximum absolute atomic E-state index is 11.4. The summed E-state index contributed by atoms with van der Waals surface area (Å²) in [6.07, 6.45) is 3.37. The van der Waals surface area contributed by atoms with Crippen LogP contribution in [0.4, 0.5) is 4.79 Å². The smallest absolute Gasteiger partial charge is 0.407 e. The highest BCUT2D eigenvalue weighted by Gasteiger charge is 2.18. The van der Waals surface area contributed by atoms with Crippen molar-refractivity contribution >= 4 is 6.09 Å². The lowest BCUT2D eigenvalue weighted by Crippen LogP contribution is -2.87. The number of amides is 1. The number of ether oxygens (including phenoxy) is 1. The van der Waals surface area contributed by atoms with Crippen molar-refractivity contribution in [2.75, 3.05) is 19.6 Å². The van der Waals surface area contributed by atoms with E-state index in [1.807, 2.05) is 20.8 Å². The Morgan fingerprint density at radius 2 is 2.25 bits per heavy atom. The number of carbonyl (C=O) groups excluding carboxylic acids is 1. The maximum atomic E-state index is 11.4. The van der Waals surface area contributed by atoms with Gasteiger partial charge in [0, 0.05) is 12.5 Å². The number of carbonyl (C=O) groups is 1. The number of quaternary nitrogens is 1. The molecule has 1 aliphatic rings. The molecule has 4 heteroatoms. The fraction of sp³-hybridized carbons (Fsp3) is 0.917. The van der Waals surface area contributed by atoms with E-state index in [0.29, 0.717) is 0 Å². The molecular weight excluding hydrogens is 204 g/mol. The molecule has 0 aliphatic carbocycles. The number of nitrogens with one attached hydrogen (secondary N) is 1. The van der Waals surface area contributed by atoms with E-state index in [1.54, 1.807) is 0 Å². The number of hydrogen-bond acceptors (Lipinski definition) is 2. The van der Waals surface area contributed by atoms with Gasteiger partial charge in [-0.2, -0.15) is 0 Å². The number of alkyl carbamates (subject to hydrolysis) is 1. The molecule has 1 saturated heterocycles. The SMILES string of the molecule is CC(C)(C)OC(=O)NCCC1CCC[NH2+]C1. The minimum absolute atomic E-state index is 0.299. The maximum Gasteiger partial charge on any atom is 0.407 e. The van der Waals surface area contributed by atoms with E-state index < -0.39 is 5.60 Å². The zero-order chi connectivity index (χ0) is 12.0. The van der Waals surface area contributed by atoms with Gasteiger partial charge in [0.1, 0.15) is 5.60 Å². The van der Waals surface area contributed by atoms with Crippen LogP contribution in [0.5, 0.6) is 0 Å². The van der Waals surface area contributed by atoms with Crippen LogP contribution in [0.3, 0.4) is 0 Å². The molecule has 1 fully saturated rings. The first-order valence-electron chi connectivity index (χ1n) is 6.26. The summed E-state index contributed by atoms with van der Waals surface area (Å²) in [5.74, 6) is 0.753. The Morgan fingerprint density at radius 1 is 1.50 bits per heavy atom. The van der Waals surface area contributed by atoms with Crippen LogP contribution in [0, 0.1) is 5.92 Å². The predicted molar refractivity (Wildman–Crippen MR) is 63.2 cm³/mol. The second-order valence-electron chi connectivity index (χ2n) is 5.54. The van der Waals surface area contributed by atoms with Crippen LogP contribution in [-0.4, -0.2) is 31.3 Å². The summed E-state index contributed by atoms with van der Waals surface area (Å²) in [5.41, 5.74) is -0.400. The molecule has 0 bridgehead atoms. The van der Waals surface area contributed by atoms with Crippen molar-refractivity contribution < 1.29 is 14.8 Å². The van der Waals surface area contributed by atoms with Crippen LogP contribution in [0.15, 0.2) is 0 Å². The first-order valence-corrected chi connectivity index (χ1v) is 6.26. The molecule has 0 aromatic heterocycles. The molecule has 0 spiro atoms. The highest BCUT2D eigenvalue weighted by molar-refractivity contribution is 5.67. The van der Waals surface area contributed by atoms with Crippen molar-refractivity contribution in [1.82, 2.24) is 5.32 Å². The molecule has 1 amide bonds. The fourth-order valence-corrected chi connectivity index (χ4v) is 1.98. The fourth-order valence-electron chi connectivity index (χ4n) is 1.98. The highest BCUT2D eigenvalue weighted by atomic mass is 16.6. The third kappa shape index (κ3) is 5.95. The number of hydrogen-bond donors (Lipinski definition) is 2. The largest absolute Gasteiger partial charge is 0.444 e. The van der Waals surface area contributed by atoms with Gasteiger partial charge in [-0.1, -0.05) is 0 Å². The molecule has 94 valence electrons. The molecule has 0 aromatic rings. The summed E-state index contributed by atoms with van der Waals surface area (Å²) >= 11 is 0. The molecule has 4 nitrogen and oxygen atoms in total. The Kier molecular flexibility index (Phi) is 5.06. The Morgan fingerprint density at radius 3 is 2.81 bits per heavy atom. The molecule has 1 unspecified atom stereocenters. The zero-order valence-electron chi connectivity index (χ0n) is 10.7. The van der Waals surface area contributed by atoms with Gasteiger partial charge in [0.05, 0.1) is 13.1 Å². The van der Waals surface area contributed by atoms with E-state index in [1.165, 1.54) is 25.9 Å². The summed E-state index contributed by atoms with van der Waals surface area (Å²) in [5, 5.41) is 5.17. The second-order valence-corrected chi connectivity index (χ2v) is 5.54. The van der Waals surface area contributed by atoms with Crippen LogP contribution in [0.2, 0.25) is 0 Å². The standard InChI is InChI=1S/C12H24N2O2/c1-12(2,3)16-11(15)14-8-6-10-5-4-7-13-9-10/h10,13H,4-9H2,1-3H3,(H,14,15)/p+1. The third-order valence-electron chi connectivity index (χ3n) is 2.74. The summed E-state index contributed by atoms with van der Waals surface area (Å²) < 4.78 is 5.17. The van der Waals surface area contributed by atoms with Crippen LogP contribution in [0.25, 0.3) is 0 Å².